The minimum atomic E-state index is -1.07. The molecule has 0 saturated heterocycles. The molecule has 0 bridgehead atoms. The molecule has 1 atom stereocenters. The van der Waals surface area contributed by atoms with E-state index in [0.29, 0.717) is 10.9 Å². The molecule has 5 nitrogen and oxygen atoms in total. The van der Waals surface area contributed by atoms with Crippen molar-refractivity contribution in [3.8, 4) is 0 Å². The van der Waals surface area contributed by atoms with Gasteiger partial charge < -0.3 is 5.73 Å². The fourth-order valence-corrected chi connectivity index (χ4v) is 1.55. The van der Waals surface area contributed by atoms with Gasteiger partial charge in [-0.1, -0.05) is 6.92 Å². The van der Waals surface area contributed by atoms with E-state index in [9.17, 15) is 4.21 Å². The zero-order valence-electron chi connectivity index (χ0n) is 6.20. The summed E-state index contributed by atoms with van der Waals surface area (Å²) in [6, 6.07) is 0. The van der Waals surface area contributed by atoms with Gasteiger partial charge in [-0.25, -0.2) is 0 Å². The molecule has 1 aromatic rings. The number of nitrogen functional groups attached to an aromatic ring is 1. The van der Waals surface area contributed by atoms with Gasteiger partial charge in [0.25, 0.3) is 0 Å². The van der Waals surface area contributed by atoms with E-state index in [1.807, 2.05) is 6.92 Å². The highest BCUT2D eigenvalue weighted by molar-refractivity contribution is 7.84. The van der Waals surface area contributed by atoms with Crippen molar-refractivity contribution in [2.24, 2.45) is 0 Å². The van der Waals surface area contributed by atoms with E-state index in [-0.39, 0.29) is 5.95 Å². The van der Waals surface area contributed by atoms with Crippen molar-refractivity contribution in [1.29, 1.82) is 0 Å². The van der Waals surface area contributed by atoms with Gasteiger partial charge in [0.1, 0.15) is 0 Å². The van der Waals surface area contributed by atoms with Crippen molar-refractivity contribution in [2.45, 2.75) is 18.5 Å². The molecule has 0 fully saturated rings. The van der Waals surface area contributed by atoms with E-state index < -0.39 is 10.8 Å². The maximum Gasteiger partial charge on any atom is 0.240 e. The molecule has 0 spiro atoms. The number of H-pyrrole nitrogens is 1. The Balaban J connectivity index is 2.69. The van der Waals surface area contributed by atoms with E-state index in [4.69, 9.17) is 5.73 Å². The molecule has 0 amide bonds. The lowest BCUT2D eigenvalue weighted by Crippen LogP contribution is -1.98. The largest absolute Gasteiger partial charge is 0.366 e. The van der Waals surface area contributed by atoms with Crippen LogP contribution in [0.4, 0.5) is 5.95 Å². The second-order valence-electron chi connectivity index (χ2n) is 2.05. The summed E-state index contributed by atoms with van der Waals surface area (Å²) in [4.78, 5) is 3.74. The normalized spacial score (nSPS) is 13.2. The van der Waals surface area contributed by atoms with Crippen molar-refractivity contribution in [1.82, 2.24) is 15.2 Å². The zero-order valence-corrected chi connectivity index (χ0v) is 7.02. The maximum absolute atomic E-state index is 11.2. The average Bonchev–Trinajstić information content (AvgIpc) is 2.36. The van der Waals surface area contributed by atoms with Crippen LogP contribution < -0.4 is 5.73 Å². The predicted octanol–water partition coefficient (Wildman–Crippen LogP) is -0.0955. The van der Waals surface area contributed by atoms with Gasteiger partial charge in [0.2, 0.25) is 11.1 Å². The monoisotopic (exact) mass is 174 g/mol. The number of nitrogens with two attached hydrogens (primary N) is 1. The predicted molar refractivity (Wildman–Crippen MR) is 42.4 cm³/mol. The summed E-state index contributed by atoms with van der Waals surface area (Å²) < 4.78 is 11.2. The SMILES string of the molecule is CCC[S@](=O)c1nc(N)n[nH]1. The Bertz CT molecular complexity index is 259. The average molecular weight is 174 g/mol. The number of nitrogens with zero attached hydrogens (tertiary/aromatic N) is 2. The molecular formula is C5H10N4OS. The Morgan fingerprint density at radius 1 is 1.73 bits per heavy atom. The maximum atomic E-state index is 11.2. The van der Waals surface area contributed by atoms with Crippen molar-refractivity contribution in [3.63, 3.8) is 0 Å². The highest BCUT2D eigenvalue weighted by Gasteiger charge is 2.06. The van der Waals surface area contributed by atoms with Crippen LogP contribution in [0.2, 0.25) is 0 Å². The van der Waals surface area contributed by atoms with E-state index in [1.54, 1.807) is 0 Å². The topological polar surface area (TPSA) is 84.7 Å². The first-order valence-electron chi connectivity index (χ1n) is 3.30. The van der Waals surface area contributed by atoms with Gasteiger partial charge in [-0.3, -0.25) is 9.31 Å². The summed E-state index contributed by atoms with van der Waals surface area (Å²) in [5.74, 6) is 0.735. The van der Waals surface area contributed by atoms with E-state index in [2.05, 4.69) is 15.2 Å². The summed E-state index contributed by atoms with van der Waals surface area (Å²) in [6.07, 6.45) is 0.854. The summed E-state index contributed by atoms with van der Waals surface area (Å²) in [7, 11) is -1.07. The molecule has 0 aliphatic carbocycles. The highest BCUT2D eigenvalue weighted by Crippen LogP contribution is 2.00. The third kappa shape index (κ3) is 2.01. The number of hydrogen-bond acceptors (Lipinski definition) is 4. The van der Waals surface area contributed by atoms with Crippen molar-refractivity contribution < 1.29 is 4.21 Å². The molecule has 1 aromatic heterocycles. The third-order valence-electron chi connectivity index (χ3n) is 1.09. The molecule has 0 radical (unpaired) electrons. The van der Waals surface area contributed by atoms with Crippen molar-refractivity contribution in [3.05, 3.63) is 0 Å². The lowest BCUT2D eigenvalue weighted by molar-refractivity contribution is 0.675. The number of anilines is 1. The van der Waals surface area contributed by atoms with Crippen molar-refractivity contribution >= 4 is 16.7 Å². The van der Waals surface area contributed by atoms with Gasteiger partial charge in [-0.2, -0.15) is 4.98 Å². The first-order valence-corrected chi connectivity index (χ1v) is 4.62. The van der Waals surface area contributed by atoms with Crippen LogP contribution in [0.1, 0.15) is 13.3 Å². The van der Waals surface area contributed by atoms with Crippen LogP contribution in [0.3, 0.4) is 0 Å². The molecule has 62 valence electrons. The van der Waals surface area contributed by atoms with Gasteiger partial charge >= 0.3 is 0 Å². The Morgan fingerprint density at radius 3 is 2.91 bits per heavy atom. The summed E-state index contributed by atoms with van der Waals surface area (Å²) >= 11 is 0. The fraction of sp³-hybridized carbons (Fsp3) is 0.600. The van der Waals surface area contributed by atoms with Gasteiger partial charge in [-0.05, 0) is 6.42 Å². The fourth-order valence-electron chi connectivity index (χ4n) is 0.643. The number of hydrogen-bond donors (Lipinski definition) is 2. The van der Waals surface area contributed by atoms with Gasteiger partial charge in [0.15, 0.2) is 0 Å². The second kappa shape index (κ2) is 3.47. The summed E-state index contributed by atoms with van der Waals surface area (Å²) in [5.41, 5.74) is 5.22. The molecule has 1 heterocycles. The van der Waals surface area contributed by atoms with Gasteiger partial charge in [-0.15, -0.1) is 5.10 Å². The first kappa shape index (κ1) is 8.19. The standard InChI is InChI=1S/C5H10N4OS/c1-2-3-11(10)5-7-4(6)8-9-5/h2-3H2,1H3,(H3,6,7,8,9)/t11-/m0/s1. The van der Waals surface area contributed by atoms with Gasteiger partial charge in [0, 0.05) is 5.75 Å². The van der Waals surface area contributed by atoms with Crippen molar-refractivity contribution in [2.75, 3.05) is 11.5 Å². The minimum absolute atomic E-state index is 0.143. The minimum Gasteiger partial charge on any atom is -0.366 e. The molecule has 6 heteroatoms. The Labute approximate surface area is 66.9 Å². The molecule has 0 aromatic carbocycles. The summed E-state index contributed by atoms with van der Waals surface area (Å²) in [5, 5.41) is 6.44. The smallest absolute Gasteiger partial charge is 0.240 e. The quantitative estimate of drug-likeness (QED) is 0.670. The van der Waals surface area contributed by atoms with Crippen LogP contribution in [0, 0.1) is 0 Å². The molecule has 3 N–H and O–H groups in total. The lowest BCUT2D eigenvalue weighted by Gasteiger charge is -1.91. The Hall–Kier alpha value is -0.910. The highest BCUT2D eigenvalue weighted by atomic mass is 32.2. The molecule has 0 unspecified atom stereocenters. The van der Waals surface area contributed by atoms with Crippen LogP contribution >= 0.6 is 0 Å². The molecule has 11 heavy (non-hydrogen) atoms. The van der Waals surface area contributed by atoms with E-state index >= 15 is 0 Å². The van der Waals surface area contributed by atoms with Crippen LogP contribution in [0.25, 0.3) is 0 Å². The van der Waals surface area contributed by atoms with Crippen LogP contribution in [0.5, 0.6) is 0 Å². The Kier molecular flexibility index (Phi) is 2.58. The van der Waals surface area contributed by atoms with E-state index in [0.717, 1.165) is 6.42 Å². The van der Waals surface area contributed by atoms with Crippen LogP contribution in [-0.2, 0) is 10.8 Å². The number of aromatic amines is 1. The Morgan fingerprint density at radius 2 is 2.45 bits per heavy atom. The second-order valence-corrected chi connectivity index (χ2v) is 3.53. The molecule has 1 rings (SSSR count). The summed E-state index contributed by atoms with van der Waals surface area (Å²) in [6.45, 7) is 1.96. The van der Waals surface area contributed by atoms with Crippen LogP contribution in [0.15, 0.2) is 5.16 Å². The van der Waals surface area contributed by atoms with E-state index in [1.165, 1.54) is 0 Å². The number of rotatable bonds is 3. The van der Waals surface area contributed by atoms with Crippen LogP contribution in [-0.4, -0.2) is 25.1 Å². The first-order chi connectivity index (χ1) is 5.24. The molecule has 0 saturated carbocycles. The van der Waals surface area contributed by atoms with Gasteiger partial charge in [0.05, 0.1) is 10.8 Å². The number of nitrogens with one attached hydrogen (secondary N) is 1. The molecular weight excluding hydrogens is 164 g/mol. The molecule has 0 aliphatic heterocycles. The lowest BCUT2D eigenvalue weighted by atomic mass is 10.6. The zero-order chi connectivity index (χ0) is 8.27. The number of aromatic nitrogens is 3. The third-order valence-corrected chi connectivity index (χ3v) is 2.48. The molecule has 0 aliphatic rings.